The summed E-state index contributed by atoms with van der Waals surface area (Å²) in [5.74, 6) is 0.135. The molecule has 5 nitrogen and oxygen atoms in total. The van der Waals surface area contributed by atoms with Gasteiger partial charge >= 0.3 is 0 Å². The van der Waals surface area contributed by atoms with Crippen molar-refractivity contribution in [1.29, 1.82) is 0 Å². The van der Waals surface area contributed by atoms with Gasteiger partial charge < -0.3 is 10.9 Å². The topological polar surface area (TPSA) is 74.7 Å². The normalized spacial score (nSPS) is 12.1. The van der Waals surface area contributed by atoms with Gasteiger partial charge in [-0.1, -0.05) is 17.3 Å². The first-order valence-corrected chi connectivity index (χ1v) is 7.54. The van der Waals surface area contributed by atoms with Crippen molar-refractivity contribution in [2.45, 2.75) is 26.9 Å². The molecule has 1 aromatic heterocycles. The summed E-state index contributed by atoms with van der Waals surface area (Å²) >= 11 is 1.67. The summed E-state index contributed by atoms with van der Waals surface area (Å²) < 4.78 is 0. The minimum atomic E-state index is 0.135. The number of hydrogen-bond acceptors (Lipinski definition) is 5. The maximum absolute atomic E-state index is 8.71. The second-order valence-corrected chi connectivity index (χ2v) is 6.22. The first-order valence-electron chi connectivity index (χ1n) is 6.66. The molecular formula is C15H20N4OS. The summed E-state index contributed by atoms with van der Waals surface area (Å²) in [7, 11) is 2.07. The van der Waals surface area contributed by atoms with Crippen LogP contribution in [-0.2, 0) is 13.1 Å². The molecule has 0 radical (unpaired) electrons. The first-order chi connectivity index (χ1) is 9.99. The Bertz CT molecular complexity index is 651. The lowest BCUT2D eigenvalue weighted by Gasteiger charge is -2.17. The standard InChI is InChI=1S/C15H20N4OS/c1-10-6-12(15(16)18-20)4-5-13(10)7-19(3)8-14-9-21-11(2)17-14/h4-6,9,20H,7-8H2,1-3H3,(H2,16,18). The molecule has 3 N–H and O–H groups in total. The molecule has 2 aromatic rings. The van der Waals surface area contributed by atoms with E-state index in [1.807, 2.05) is 32.0 Å². The number of thiazole rings is 1. The molecule has 2 rings (SSSR count). The Kier molecular flexibility index (Phi) is 4.93. The van der Waals surface area contributed by atoms with Crippen molar-refractivity contribution >= 4 is 17.2 Å². The SMILES string of the molecule is Cc1nc(CN(C)Cc2ccc(/C(N)=N/O)cc2C)cs1. The van der Waals surface area contributed by atoms with Crippen LogP contribution in [0.4, 0.5) is 0 Å². The molecule has 0 saturated heterocycles. The van der Waals surface area contributed by atoms with Crippen molar-refractivity contribution in [2.24, 2.45) is 10.9 Å². The predicted octanol–water partition coefficient (Wildman–Crippen LogP) is 2.49. The molecule has 0 atom stereocenters. The van der Waals surface area contributed by atoms with Gasteiger partial charge in [0.25, 0.3) is 0 Å². The second kappa shape index (κ2) is 6.69. The van der Waals surface area contributed by atoms with Crippen LogP contribution < -0.4 is 5.73 Å². The van der Waals surface area contributed by atoms with Gasteiger partial charge in [0.1, 0.15) is 0 Å². The van der Waals surface area contributed by atoms with Crippen LogP contribution >= 0.6 is 11.3 Å². The maximum Gasteiger partial charge on any atom is 0.170 e. The van der Waals surface area contributed by atoms with Crippen LogP contribution in [-0.4, -0.2) is 28.0 Å². The van der Waals surface area contributed by atoms with Gasteiger partial charge in [0, 0.05) is 24.0 Å². The minimum Gasteiger partial charge on any atom is -0.409 e. The van der Waals surface area contributed by atoms with Gasteiger partial charge in [-0.3, -0.25) is 4.90 Å². The lowest BCUT2D eigenvalue weighted by atomic mass is 10.0. The van der Waals surface area contributed by atoms with Crippen LogP contribution in [0.2, 0.25) is 0 Å². The Morgan fingerprint density at radius 2 is 2.14 bits per heavy atom. The number of aromatic nitrogens is 1. The number of nitrogens with zero attached hydrogens (tertiary/aromatic N) is 3. The molecule has 0 spiro atoms. The van der Waals surface area contributed by atoms with Gasteiger partial charge in [0.15, 0.2) is 5.84 Å². The molecule has 112 valence electrons. The van der Waals surface area contributed by atoms with Crippen LogP contribution in [0, 0.1) is 13.8 Å². The number of oxime groups is 1. The van der Waals surface area contributed by atoms with Gasteiger partial charge in [-0.25, -0.2) is 4.98 Å². The van der Waals surface area contributed by atoms with Crippen LogP contribution in [0.5, 0.6) is 0 Å². The van der Waals surface area contributed by atoms with Crippen molar-refractivity contribution in [1.82, 2.24) is 9.88 Å². The molecule has 0 saturated carbocycles. The third-order valence-electron chi connectivity index (χ3n) is 3.28. The summed E-state index contributed by atoms with van der Waals surface area (Å²) in [6, 6.07) is 5.83. The van der Waals surface area contributed by atoms with Gasteiger partial charge in [-0.05, 0) is 38.1 Å². The molecule has 21 heavy (non-hydrogen) atoms. The van der Waals surface area contributed by atoms with Crippen LogP contribution in [0.15, 0.2) is 28.7 Å². The Hall–Kier alpha value is -1.92. The van der Waals surface area contributed by atoms with E-state index in [9.17, 15) is 0 Å². The second-order valence-electron chi connectivity index (χ2n) is 5.16. The third kappa shape index (κ3) is 4.03. The number of aryl methyl sites for hydroxylation is 2. The molecular weight excluding hydrogens is 284 g/mol. The first kappa shape index (κ1) is 15.5. The molecule has 0 aliphatic heterocycles. The number of hydrogen-bond donors (Lipinski definition) is 2. The van der Waals surface area contributed by atoms with Crippen LogP contribution in [0.1, 0.15) is 27.4 Å². The minimum absolute atomic E-state index is 0.135. The largest absolute Gasteiger partial charge is 0.409 e. The van der Waals surface area contributed by atoms with E-state index in [-0.39, 0.29) is 5.84 Å². The lowest BCUT2D eigenvalue weighted by molar-refractivity contribution is 0.315. The number of benzene rings is 1. The van der Waals surface area contributed by atoms with E-state index in [0.717, 1.165) is 34.9 Å². The van der Waals surface area contributed by atoms with Crippen molar-refractivity contribution in [3.05, 3.63) is 51.0 Å². The number of nitrogens with two attached hydrogens (primary N) is 1. The molecule has 1 heterocycles. The quantitative estimate of drug-likeness (QED) is 0.385. The third-order valence-corrected chi connectivity index (χ3v) is 4.11. The molecule has 6 heteroatoms. The fourth-order valence-electron chi connectivity index (χ4n) is 2.19. The monoisotopic (exact) mass is 304 g/mol. The van der Waals surface area contributed by atoms with Crippen LogP contribution in [0.3, 0.4) is 0 Å². The Balaban J connectivity index is 2.05. The summed E-state index contributed by atoms with van der Waals surface area (Å²) in [5.41, 5.74) is 9.78. The highest BCUT2D eigenvalue weighted by atomic mass is 32.1. The fourth-order valence-corrected chi connectivity index (χ4v) is 2.80. The fraction of sp³-hybridized carbons (Fsp3) is 0.333. The zero-order chi connectivity index (χ0) is 15.4. The molecule has 0 bridgehead atoms. The van der Waals surface area contributed by atoms with E-state index in [1.54, 1.807) is 11.3 Å². The highest BCUT2D eigenvalue weighted by Gasteiger charge is 2.08. The Morgan fingerprint density at radius 1 is 1.38 bits per heavy atom. The Labute approximate surface area is 128 Å². The molecule has 0 unspecified atom stereocenters. The van der Waals surface area contributed by atoms with Crippen molar-refractivity contribution < 1.29 is 5.21 Å². The van der Waals surface area contributed by atoms with Crippen LogP contribution in [0.25, 0.3) is 0 Å². The van der Waals surface area contributed by atoms with Gasteiger partial charge in [-0.2, -0.15) is 0 Å². The average molecular weight is 304 g/mol. The highest BCUT2D eigenvalue weighted by molar-refractivity contribution is 7.09. The number of amidine groups is 1. The maximum atomic E-state index is 8.71. The summed E-state index contributed by atoms with van der Waals surface area (Å²) in [6.45, 7) is 5.71. The zero-order valence-electron chi connectivity index (χ0n) is 12.5. The summed E-state index contributed by atoms with van der Waals surface area (Å²) in [4.78, 5) is 6.70. The van der Waals surface area contributed by atoms with Gasteiger partial charge in [0.05, 0.1) is 10.7 Å². The smallest absolute Gasteiger partial charge is 0.170 e. The van der Waals surface area contributed by atoms with E-state index < -0.39 is 0 Å². The Morgan fingerprint density at radius 3 is 2.71 bits per heavy atom. The molecule has 0 aliphatic rings. The van der Waals surface area contributed by atoms with E-state index in [1.165, 1.54) is 5.56 Å². The van der Waals surface area contributed by atoms with Crippen molar-refractivity contribution in [3.8, 4) is 0 Å². The van der Waals surface area contributed by atoms with E-state index in [0.29, 0.717) is 0 Å². The van der Waals surface area contributed by atoms with Gasteiger partial charge in [-0.15, -0.1) is 11.3 Å². The average Bonchev–Trinajstić information content (AvgIpc) is 2.85. The lowest BCUT2D eigenvalue weighted by Crippen LogP contribution is -2.19. The van der Waals surface area contributed by atoms with Crippen molar-refractivity contribution in [3.63, 3.8) is 0 Å². The van der Waals surface area contributed by atoms with Gasteiger partial charge in [0.2, 0.25) is 0 Å². The molecule has 1 aromatic carbocycles. The summed E-state index contributed by atoms with van der Waals surface area (Å²) in [5, 5.41) is 14.9. The highest BCUT2D eigenvalue weighted by Crippen LogP contribution is 2.15. The van der Waals surface area contributed by atoms with E-state index in [2.05, 4.69) is 27.5 Å². The summed E-state index contributed by atoms with van der Waals surface area (Å²) in [6.07, 6.45) is 0. The molecule has 0 fully saturated rings. The van der Waals surface area contributed by atoms with E-state index >= 15 is 0 Å². The van der Waals surface area contributed by atoms with Crippen molar-refractivity contribution in [2.75, 3.05) is 7.05 Å². The van der Waals surface area contributed by atoms with E-state index in [4.69, 9.17) is 10.9 Å². The molecule has 0 aliphatic carbocycles. The predicted molar refractivity (Wildman–Crippen MR) is 85.7 cm³/mol. The number of rotatable bonds is 5. The molecule has 0 amide bonds. The zero-order valence-corrected chi connectivity index (χ0v) is 13.3.